The number of nitrogens with zero attached hydrogens (tertiary/aromatic N) is 2. The maximum Gasteiger partial charge on any atom is 0.394 e. The quantitative estimate of drug-likeness (QED) is 0.843. The molecule has 0 aliphatic carbocycles. The van der Waals surface area contributed by atoms with Gasteiger partial charge in [-0.3, -0.25) is 0 Å². The second kappa shape index (κ2) is 4.65. The van der Waals surface area contributed by atoms with E-state index in [0.29, 0.717) is 11.7 Å². The monoisotopic (exact) mass is 228 g/mol. The third-order valence-corrected chi connectivity index (χ3v) is 3.66. The van der Waals surface area contributed by atoms with E-state index in [1.54, 1.807) is 0 Å². The Balaban J connectivity index is 1.94. The third-order valence-electron chi connectivity index (χ3n) is 2.38. The van der Waals surface area contributed by atoms with Gasteiger partial charge in [0.2, 0.25) is 0 Å². The SMILES string of the molecule is O=C(O)c1nc(CC2CCCSC2)no1. The van der Waals surface area contributed by atoms with Crippen molar-refractivity contribution in [1.29, 1.82) is 0 Å². The molecule has 1 saturated heterocycles. The van der Waals surface area contributed by atoms with Gasteiger partial charge in [-0.1, -0.05) is 5.16 Å². The van der Waals surface area contributed by atoms with E-state index in [4.69, 9.17) is 5.11 Å². The van der Waals surface area contributed by atoms with Crippen LogP contribution in [0.2, 0.25) is 0 Å². The Kier molecular flexibility index (Phi) is 3.25. The second-order valence-electron chi connectivity index (χ2n) is 3.61. The van der Waals surface area contributed by atoms with Crippen LogP contribution in [-0.2, 0) is 6.42 Å². The van der Waals surface area contributed by atoms with E-state index in [0.717, 1.165) is 12.2 Å². The van der Waals surface area contributed by atoms with E-state index in [1.165, 1.54) is 18.6 Å². The largest absolute Gasteiger partial charge is 0.474 e. The van der Waals surface area contributed by atoms with Crippen LogP contribution in [0.15, 0.2) is 4.52 Å². The van der Waals surface area contributed by atoms with Crippen molar-refractivity contribution in [1.82, 2.24) is 10.1 Å². The molecule has 0 spiro atoms. The summed E-state index contributed by atoms with van der Waals surface area (Å²) in [5.74, 6) is 1.93. The minimum Gasteiger partial charge on any atom is -0.474 e. The van der Waals surface area contributed by atoms with Crippen molar-refractivity contribution in [3.63, 3.8) is 0 Å². The minimum absolute atomic E-state index is 0.312. The number of aromatic nitrogens is 2. The highest BCUT2D eigenvalue weighted by atomic mass is 32.2. The Morgan fingerprint density at radius 3 is 3.13 bits per heavy atom. The summed E-state index contributed by atoms with van der Waals surface area (Å²) in [4.78, 5) is 14.3. The smallest absolute Gasteiger partial charge is 0.394 e. The van der Waals surface area contributed by atoms with Gasteiger partial charge < -0.3 is 9.63 Å². The van der Waals surface area contributed by atoms with Crippen molar-refractivity contribution < 1.29 is 14.4 Å². The maximum atomic E-state index is 10.5. The number of rotatable bonds is 3. The highest BCUT2D eigenvalue weighted by Crippen LogP contribution is 2.24. The highest BCUT2D eigenvalue weighted by molar-refractivity contribution is 7.99. The summed E-state index contributed by atoms with van der Waals surface area (Å²) in [7, 11) is 0. The van der Waals surface area contributed by atoms with Gasteiger partial charge >= 0.3 is 11.9 Å². The Labute approximate surface area is 91.2 Å². The first kappa shape index (κ1) is 10.5. The molecule has 2 rings (SSSR count). The average molecular weight is 228 g/mol. The molecule has 1 aliphatic rings. The van der Waals surface area contributed by atoms with Gasteiger partial charge in [-0.15, -0.1) is 0 Å². The lowest BCUT2D eigenvalue weighted by atomic mass is 10.0. The van der Waals surface area contributed by atoms with Crippen molar-refractivity contribution >= 4 is 17.7 Å². The zero-order valence-electron chi connectivity index (χ0n) is 8.18. The topological polar surface area (TPSA) is 76.2 Å². The predicted molar refractivity (Wildman–Crippen MR) is 55.0 cm³/mol. The van der Waals surface area contributed by atoms with Crippen LogP contribution < -0.4 is 0 Å². The molecule has 5 nitrogen and oxygen atoms in total. The van der Waals surface area contributed by atoms with E-state index in [2.05, 4.69) is 14.7 Å². The molecule has 0 aromatic carbocycles. The molecule has 0 saturated carbocycles. The summed E-state index contributed by atoms with van der Waals surface area (Å²) in [6.07, 6.45) is 3.12. The number of carbonyl (C=O) groups is 1. The molecular weight excluding hydrogens is 216 g/mol. The molecule has 82 valence electrons. The van der Waals surface area contributed by atoms with Crippen LogP contribution in [0.1, 0.15) is 29.4 Å². The molecule has 1 aliphatic heterocycles. The van der Waals surface area contributed by atoms with Crippen LogP contribution >= 0.6 is 11.8 Å². The van der Waals surface area contributed by atoms with Crippen molar-refractivity contribution in [3.05, 3.63) is 11.7 Å². The fourth-order valence-corrected chi connectivity index (χ4v) is 2.81. The van der Waals surface area contributed by atoms with Crippen molar-refractivity contribution in [2.24, 2.45) is 5.92 Å². The molecule has 1 atom stereocenters. The Morgan fingerprint density at radius 1 is 1.67 bits per heavy atom. The van der Waals surface area contributed by atoms with Gasteiger partial charge in [-0.2, -0.15) is 16.7 Å². The molecule has 1 aromatic heterocycles. The van der Waals surface area contributed by atoms with E-state index < -0.39 is 5.97 Å². The number of hydrogen-bond donors (Lipinski definition) is 1. The lowest BCUT2D eigenvalue weighted by Crippen LogP contribution is -2.14. The first-order valence-corrected chi connectivity index (χ1v) is 6.05. The van der Waals surface area contributed by atoms with Gasteiger partial charge in [0.15, 0.2) is 5.82 Å². The van der Waals surface area contributed by atoms with Crippen molar-refractivity contribution in [3.8, 4) is 0 Å². The number of aromatic carboxylic acids is 1. The Morgan fingerprint density at radius 2 is 2.53 bits per heavy atom. The fourth-order valence-electron chi connectivity index (χ4n) is 1.65. The molecule has 0 amide bonds. The molecular formula is C9H12N2O3S. The van der Waals surface area contributed by atoms with Gasteiger partial charge in [0.25, 0.3) is 0 Å². The first-order valence-electron chi connectivity index (χ1n) is 4.89. The fraction of sp³-hybridized carbons (Fsp3) is 0.667. The standard InChI is InChI=1S/C9H12N2O3S/c12-9(13)8-10-7(11-14-8)4-6-2-1-3-15-5-6/h6H,1-5H2,(H,12,13). The van der Waals surface area contributed by atoms with Crippen LogP contribution in [-0.4, -0.2) is 32.7 Å². The Bertz CT molecular complexity index is 347. The summed E-state index contributed by atoms with van der Waals surface area (Å²) in [6.45, 7) is 0. The highest BCUT2D eigenvalue weighted by Gasteiger charge is 2.19. The van der Waals surface area contributed by atoms with E-state index in [1.807, 2.05) is 11.8 Å². The molecule has 15 heavy (non-hydrogen) atoms. The molecule has 1 aromatic rings. The van der Waals surface area contributed by atoms with Gasteiger partial charge in [-0.05, 0) is 30.3 Å². The molecule has 1 N–H and O–H groups in total. The molecule has 0 bridgehead atoms. The van der Waals surface area contributed by atoms with Crippen LogP contribution in [0, 0.1) is 5.92 Å². The average Bonchev–Trinajstić information content (AvgIpc) is 2.68. The summed E-state index contributed by atoms with van der Waals surface area (Å²) < 4.78 is 4.60. The van der Waals surface area contributed by atoms with Gasteiger partial charge in [0, 0.05) is 6.42 Å². The zero-order chi connectivity index (χ0) is 10.7. The lowest BCUT2D eigenvalue weighted by Gasteiger charge is -2.19. The maximum absolute atomic E-state index is 10.5. The molecule has 1 unspecified atom stereocenters. The van der Waals surface area contributed by atoms with Crippen molar-refractivity contribution in [2.45, 2.75) is 19.3 Å². The second-order valence-corrected chi connectivity index (χ2v) is 4.76. The summed E-state index contributed by atoms with van der Waals surface area (Å²) >= 11 is 1.93. The third kappa shape index (κ3) is 2.71. The van der Waals surface area contributed by atoms with E-state index >= 15 is 0 Å². The molecule has 1 fully saturated rings. The van der Waals surface area contributed by atoms with Crippen LogP contribution in [0.25, 0.3) is 0 Å². The molecule has 0 radical (unpaired) electrons. The van der Waals surface area contributed by atoms with E-state index in [9.17, 15) is 4.79 Å². The van der Waals surface area contributed by atoms with Crippen LogP contribution in [0.4, 0.5) is 0 Å². The van der Waals surface area contributed by atoms with E-state index in [-0.39, 0.29) is 5.89 Å². The van der Waals surface area contributed by atoms with Gasteiger partial charge in [0.05, 0.1) is 0 Å². The zero-order valence-corrected chi connectivity index (χ0v) is 9.00. The molecule has 2 heterocycles. The first-order chi connectivity index (χ1) is 7.25. The van der Waals surface area contributed by atoms with Gasteiger partial charge in [0.1, 0.15) is 0 Å². The lowest BCUT2D eigenvalue weighted by molar-refractivity contribution is 0.0643. The number of carboxylic acid groups (broad SMARTS) is 1. The minimum atomic E-state index is -1.16. The summed E-state index contributed by atoms with van der Waals surface area (Å²) in [5.41, 5.74) is 0. The predicted octanol–water partition coefficient (Wildman–Crippen LogP) is 1.45. The van der Waals surface area contributed by atoms with Crippen LogP contribution in [0.5, 0.6) is 0 Å². The number of hydrogen-bond acceptors (Lipinski definition) is 5. The summed E-state index contributed by atoms with van der Waals surface area (Å²) in [5, 5.41) is 12.3. The summed E-state index contributed by atoms with van der Waals surface area (Å²) in [6, 6.07) is 0. The van der Waals surface area contributed by atoms with Crippen LogP contribution in [0.3, 0.4) is 0 Å². The number of carboxylic acids is 1. The van der Waals surface area contributed by atoms with Crippen molar-refractivity contribution in [2.75, 3.05) is 11.5 Å². The normalized spacial score (nSPS) is 21.5. The molecule has 6 heteroatoms. The number of thioether (sulfide) groups is 1. The van der Waals surface area contributed by atoms with Gasteiger partial charge in [-0.25, -0.2) is 4.79 Å². The Hall–Kier alpha value is -1.04.